The minimum Gasteiger partial charge on any atom is -0.303 e. The predicted molar refractivity (Wildman–Crippen MR) is 35.5 cm³/mol. The van der Waals surface area contributed by atoms with Gasteiger partial charge in [0, 0.05) is 12.8 Å². The first-order valence-electron chi connectivity index (χ1n) is 2.89. The Labute approximate surface area is 58.7 Å². The van der Waals surface area contributed by atoms with Crippen LogP contribution in [0.4, 0.5) is 0 Å². The molecule has 3 nitrogen and oxygen atoms in total. The van der Waals surface area contributed by atoms with Crippen LogP contribution in [0.1, 0.15) is 12.8 Å². The second kappa shape index (κ2) is 5.88. The van der Waals surface area contributed by atoms with Crippen molar-refractivity contribution < 1.29 is 14.4 Å². The van der Waals surface area contributed by atoms with Crippen LogP contribution in [0.5, 0.6) is 0 Å². The standard InChI is InChI=1S/C7H8O3/c8-5-1-3-7(10)4-2-6-9/h1,3,5-6H,2,4H2/b3-1+. The first-order valence-corrected chi connectivity index (χ1v) is 2.89. The number of rotatable bonds is 5. The molecule has 0 aliphatic carbocycles. The highest BCUT2D eigenvalue weighted by atomic mass is 16.1. The highest BCUT2D eigenvalue weighted by Crippen LogP contribution is 1.87. The number of hydrogen-bond donors (Lipinski definition) is 0. The molecule has 0 unspecified atom stereocenters. The summed E-state index contributed by atoms with van der Waals surface area (Å²) in [6.45, 7) is 0. The summed E-state index contributed by atoms with van der Waals surface area (Å²) in [6, 6.07) is 0. The van der Waals surface area contributed by atoms with Gasteiger partial charge < -0.3 is 4.79 Å². The van der Waals surface area contributed by atoms with Gasteiger partial charge in [0.2, 0.25) is 0 Å². The molecule has 3 heteroatoms. The molecule has 0 aliphatic heterocycles. The Morgan fingerprint density at radius 1 is 1.30 bits per heavy atom. The van der Waals surface area contributed by atoms with E-state index in [0.29, 0.717) is 12.6 Å². The molecule has 0 aromatic heterocycles. The third-order valence-electron chi connectivity index (χ3n) is 0.869. The van der Waals surface area contributed by atoms with Crippen LogP contribution in [0.3, 0.4) is 0 Å². The number of aldehydes is 2. The van der Waals surface area contributed by atoms with Gasteiger partial charge in [0.1, 0.15) is 12.6 Å². The van der Waals surface area contributed by atoms with Crippen LogP contribution in [0.25, 0.3) is 0 Å². The van der Waals surface area contributed by atoms with E-state index in [2.05, 4.69) is 0 Å². The van der Waals surface area contributed by atoms with Crippen LogP contribution < -0.4 is 0 Å². The van der Waals surface area contributed by atoms with Crippen LogP contribution in [-0.2, 0) is 14.4 Å². The lowest BCUT2D eigenvalue weighted by atomic mass is 10.2. The molecule has 0 saturated carbocycles. The summed E-state index contributed by atoms with van der Waals surface area (Å²) in [7, 11) is 0. The summed E-state index contributed by atoms with van der Waals surface area (Å²) in [5.41, 5.74) is 0. The fraction of sp³-hybridized carbons (Fsp3) is 0.286. The maximum absolute atomic E-state index is 10.6. The maximum atomic E-state index is 10.6. The number of hydrogen-bond acceptors (Lipinski definition) is 3. The normalized spacial score (nSPS) is 9.60. The zero-order valence-corrected chi connectivity index (χ0v) is 5.45. The summed E-state index contributed by atoms with van der Waals surface area (Å²) in [5, 5.41) is 0. The Morgan fingerprint density at radius 2 is 2.00 bits per heavy atom. The second-order valence-electron chi connectivity index (χ2n) is 1.67. The van der Waals surface area contributed by atoms with E-state index in [1.807, 2.05) is 0 Å². The fourth-order valence-corrected chi connectivity index (χ4v) is 0.431. The summed E-state index contributed by atoms with van der Waals surface area (Å²) < 4.78 is 0. The van der Waals surface area contributed by atoms with Crippen LogP contribution in [0.15, 0.2) is 12.2 Å². The van der Waals surface area contributed by atoms with Crippen molar-refractivity contribution in [2.75, 3.05) is 0 Å². The van der Waals surface area contributed by atoms with Crippen molar-refractivity contribution in [3.05, 3.63) is 12.2 Å². The zero-order valence-electron chi connectivity index (χ0n) is 5.45. The molecule has 0 heterocycles. The summed E-state index contributed by atoms with van der Waals surface area (Å²) >= 11 is 0. The van der Waals surface area contributed by atoms with Crippen molar-refractivity contribution in [2.24, 2.45) is 0 Å². The topological polar surface area (TPSA) is 51.2 Å². The largest absolute Gasteiger partial charge is 0.303 e. The van der Waals surface area contributed by atoms with Gasteiger partial charge in [-0.25, -0.2) is 0 Å². The molecule has 0 amide bonds. The first-order chi connectivity index (χ1) is 4.81. The average molecular weight is 140 g/mol. The van der Waals surface area contributed by atoms with E-state index in [1.165, 1.54) is 0 Å². The predicted octanol–water partition coefficient (Wildman–Crippen LogP) is 0.290. The molecule has 10 heavy (non-hydrogen) atoms. The quantitative estimate of drug-likeness (QED) is 0.407. The van der Waals surface area contributed by atoms with E-state index in [-0.39, 0.29) is 18.6 Å². The lowest BCUT2D eigenvalue weighted by Gasteiger charge is -1.84. The van der Waals surface area contributed by atoms with Crippen molar-refractivity contribution >= 4 is 18.4 Å². The minimum atomic E-state index is -0.195. The maximum Gasteiger partial charge on any atom is 0.156 e. The van der Waals surface area contributed by atoms with Gasteiger partial charge >= 0.3 is 0 Å². The Kier molecular flexibility index (Phi) is 5.14. The number of ketones is 1. The molecular formula is C7H8O3. The molecule has 0 aromatic rings. The van der Waals surface area contributed by atoms with Gasteiger partial charge in [-0.2, -0.15) is 0 Å². The van der Waals surface area contributed by atoms with E-state index < -0.39 is 0 Å². The molecule has 0 atom stereocenters. The number of carbonyl (C=O) groups excluding carboxylic acids is 3. The van der Waals surface area contributed by atoms with E-state index in [9.17, 15) is 14.4 Å². The highest BCUT2D eigenvalue weighted by Gasteiger charge is 1.92. The smallest absolute Gasteiger partial charge is 0.156 e. The molecule has 0 saturated heterocycles. The molecule has 0 N–H and O–H groups in total. The molecule has 0 radical (unpaired) electrons. The molecule has 0 aliphatic rings. The van der Waals surface area contributed by atoms with Gasteiger partial charge in [0.05, 0.1) is 0 Å². The molecule has 0 aromatic carbocycles. The van der Waals surface area contributed by atoms with Gasteiger partial charge in [-0.1, -0.05) is 0 Å². The zero-order chi connectivity index (χ0) is 7.82. The van der Waals surface area contributed by atoms with Crippen molar-refractivity contribution in [1.82, 2.24) is 0 Å². The van der Waals surface area contributed by atoms with Crippen LogP contribution in [-0.4, -0.2) is 18.4 Å². The SMILES string of the molecule is O=C/C=C/C(=O)CCC=O. The van der Waals surface area contributed by atoms with Gasteiger partial charge in [0.25, 0.3) is 0 Å². The lowest BCUT2D eigenvalue weighted by Crippen LogP contribution is -1.92. The monoisotopic (exact) mass is 140 g/mol. The first kappa shape index (κ1) is 8.75. The molecule has 0 rings (SSSR count). The molecule has 0 fully saturated rings. The van der Waals surface area contributed by atoms with E-state index in [4.69, 9.17) is 0 Å². The highest BCUT2D eigenvalue weighted by molar-refractivity contribution is 5.93. The summed E-state index contributed by atoms with van der Waals surface area (Å²) in [5.74, 6) is -0.195. The Bertz CT molecular complexity index is 158. The minimum absolute atomic E-state index is 0.188. The van der Waals surface area contributed by atoms with Gasteiger partial charge in [-0.3, -0.25) is 9.59 Å². The van der Waals surface area contributed by atoms with E-state index in [0.717, 1.165) is 12.2 Å². The van der Waals surface area contributed by atoms with Gasteiger partial charge in [-0.05, 0) is 12.2 Å². The van der Waals surface area contributed by atoms with Crippen LogP contribution in [0, 0.1) is 0 Å². The number of carbonyl (C=O) groups is 3. The molecule has 0 bridgehead atoms. The van der Waals surface area contributed by atoms with E-state index >= 15 is 0 Å². The Balaban J connectivity index is 3.52. The number of allylic oxidation sites excluding steroid dienone is 2. The van der Waals surface area contributed by atoms with Crippen LogP contribution >= 0.6 is 0 Å². The van der Waals surface area contributed by atoms with Gasteiger partial charge in [0.15, 0.2) is 5.78 Å². The Morgan fingerprint density at radius 3 is 2.50 bits per heavy atom. The van der Waals surface area contributed by atoms with Crippen molar-refractivity contribution in [1.29, 1.82) is 0 Å². The van der Waals surface area contributed by atoms with Crippen molar-refractivity contribution in [2.45, 2.75) is 12.8 Å². The van der Waals surface area contributed by atoms with Crippen molar-refractivity contribution in [3.63, 3.8) is 0 Å². The summed E-state index contributed by atoms with van der Waals surface area (Å²) in [6.07, 6.45) is 3.89. The second-order valence-corrected chi connectivity index (χ2v) is 1.67. The fourth-order valence-electron chi connectivity index (χ4n) is 0.431. The third kappa shape index (κ3) is 4.90. The lowest BCUT2D eigenvalue weighted by molar-refractivity contribution is -0.117. The van der Waals surface area contributed by atoms with E-state index in [1.54, 1.807) is 0 Å². The average Bonchev–Trinajstić information content (AvgIpc) is 1.97. The Hall–Kier alpha value is -1.25. The molecule has 0 spiro atoms. The van der Waals surface area contributed by atoms with Gasteiger partial charge in [-0.15, -0.1) is 0 Å². The molecule has 54 valence electrons. The third-order valence-corrected chi connectivity index (χ3v) is 0.869. The van der Waals surface area contributed by atoms with Crippen LogP contribution in [0.2, 0.25) is 0 Å². The molecular weight excluding hydrogens is 132 g/mol. The van der Waals surface area contributed by atoms with Crippen molar-refractivity contribution in [3.8, 4) is 0 Å². The summed E-state index contributed by atoms with van der Waals surface area (Å²) in [4.78, 5) is 30.0.